The number of ketones is 1. The number of aryl methyl sites for hydroxylation is 2. The number of Topliss-reactive ketones (excluding diaryl/α,β-unsaturated/α-hetero) is 1. The van der Waals surface area contributed by atoms with Crippen molar-refractivity contribution in [3.8, 4) is 0 Å². The Morgan fingerprint density at radius 2 is 1.96 bits per heavy atom. The summed E-state index contributed by atoms with van der Waals surface area (Å²) < 4.78 is 0. The van der Waals surface area contributed by atoms with E-state index in [-0.39, 0.29) is 0 Å². The van der Waals surface area contributed by atoms with Crippen LogP contribution in [0.2, 0.25) is 0 Å². The van der Waals surface area contributed by atoms with Gasteiger partial charge in [0.15, 0.2) is 0 Å². The maximum absolute atomic E-state index is 11.8. The fraction of sp³-hybridized carbons (Fsp3) is 0.650. The van der Waals surface area contributed by atoms with Gasteiger partial charge in [0.25, 0.3) is 0 Å². The van der Waals surface area contributed by atoms with E-state index in [1.165, 1.54) is 29.7 Å². The van der Waals surface area contributed by atoms with E-state index in [0.29, 0.717) is 18.7 Å². The zero-order valence-electron chi connectivity index (χ0n) is 15.6. The zero-order valence-corrected chi connectivity index (χ0v) is 15.6. The first-order valence-corrected chi connectivity index (χ1v) is 9.05. The second kappa shape index (κ2) is 10.4. The minimum Gasteiger partial charge on any atom is -0.377 e. The summed E-state index contributed by atoms with van der Waals surface area (Å²) in [5.41, 5.74) is 3.89. The van der Waals surface area contributed by atoms with Crippen molar-refractivity contribution in [1.82, 2.24) is 5.32 Å². The second-order valence-corrected chi connectivity index (χ2v) is 6.48. The SMILES string of the molecule is CC.Cc1ccc(CCCC(=O)CNCC2CC2)cc1N(C)C. The number of carbonyl (C=O) groups is 1. The van der Waals surface area contributed by atoms with Crippen LogP contribution in [0.25, 0.3) is 0 Å². The Morgan fingerprint density at radius 1 is 1.26 bits per heavy atom. The van der Waals surface area contributed by atoms with Crippen LogP contribution in [0.5, 0.6) is 0 Å². The normalized spacial score (nSPS) is 13.3. The van der Waals surface area contributed by atoms with Crippen LogP contribution in [0.15, 0.2) is 18.2 Å². The van der Waals surface area contributed by atoms with Crippen molar-refractivity contribution in [3.63, 3.8) is 0 Å². The molecule has 0 atom stereocenters. The van der Waals surface area contributed by atoms with E-state index in [1.54, 1.807) is 0 Å². The Kier molecular flexibility index (Phi) is 8.93. The van der Waals surface area contributed by atoms with Crippen molar-refractivity contribution in [3.05, 3.63) is 29.3 Å². The Bertz CT molecular complexity index is 479. The molecule has 1 aromatic carbocycles. The summed E-state index contributed by atoms with van der Waals surface area (Å²) in [6.45, 7) is 7.71. The van der Waals surface area contributed by atoms with Gasteiger partial charge < -0.3 is 10.2 Å². The Morgan fingerprint density at radius 3 is 2.57 bits per heavy atom. The first-order valence-electron chi connectivity index (χ1n) is 9.05. The number of rotatable bonds is 9. The summed E-state index contributed by atoms with van der Waals surface area (Å²) in [5.74, 6) is 1.19. The van der Waals surface area contributed by atoms with Crippen LogP contribution in [0, 0.1) is 12.8 Å². The van der Waals surface area contributed by atoms with E-state index < -0.39 is 0 Å². The third-order valence-electron chi connectivity index (χ3n) is 4.13. The maximum atomic E-state index is 11.8. The van der Waals surface area contributed by atoms with Gasteiger partial charge in [0.2, 0.25) is 0 Å². The van der Waals surface area contributed by atoms with Gasteiger partial charge in [-0.1, -0.05) is 26.0 Å². The lowest BCUT2D eigenvalue weighted by Gasteiger charge is -2.16. The molecule has 0 bridgehead atoms. The summed E-state index contributed by atoms with van der Waals surface area (Å²) in [6, 6.07) is 6.59. The van der Waals surface area contributed by atoms with Crippen molar-refractivity contribution < 1.29 is 4.79 Å². The van der Waals surface area contributed by atoms with Crippen LogP contribution in [-0.4, -0.2) is 33.0 Å². The minimum absolute atomic E-state index is 0.343. The molecular weight excluding hydrogens is 284 g/mol. The molecule has 0 heterocycles. The maximum Gasteiger partial charge on any atom is 0.146 e. The molecule has 1 N–H and O–H groups in total. The molecule has 3 heteroatoms. The number of nitrogens with one attached hydrogen (secondary N) is 1. The van der Waals surface area contributed by atoms with Gasteiger partial charge in [-0.05, 0) is 62.3 Å². The monoisotopic (exact) mass is 318 g/mol. The van der Waals surface area contributed by atoms with Gasteiger partial charge >= 0.3 is 0 Å². The van der Waals surface area contributed by atoms with E-state index in [9.17, 15) is 4.79 Å². The fourth-order valence-corrected chi connectivity index (χ4v) is 2.61. The van der Waals surface area contributed by atoms with Crippen LogP contribution in [0.1, 0.15) is 50.7 Å². The predicted octanol–water partition coefficient (Wildman–Crippen LogP) is 3.98. The van der Waals surface area contributed by atoms with Gasteiger partial charge in [0, 0.05) is 26.2 Å². The summed E-state index contributed by atoms with van der Waals surface area (Å²) in [7, 11) is 4.14. The largest absolute Gasteiger partial charge is 0.377 e. The smallest absolute Gasteiger partial charge is 0.146 e. The van der Waals surface area contributed by atoms with Crippen LogP contribution in [0.3, 0.4) is 0 Å². The topological polar surface area (TPSA) is 32.3 Å². The number of hydrogen-bond donors (Lipinski definition) is 1. The molecule has 3 nitrogen and oxygen atoms in total. The molecule has 23 heavy (non-hydrogen) atoms. The third-order valence-corrected chi connectivity index (χ3v) is 4.13. The number of benzene rings is 1. The number of anilines is 1. The van der Waals surface area contributed by atoms with E-state index >= 15 is 0 Å². The molecule has 0 saturated heterocycles. The molecular formula is C20H34N2O. The highest BCUT2D eigenvalue weighted by Gasteiger charge is 2.20. The highest BCUT2D eigenvalue weighted by molar-refractivity contribution is 5.80. The minimum atomic E-state index is 0.343. The summed E-state index contributed by atoms with van der Waals surface area (Å²) in [6.07, 6.45) is 5.28. The van der Waals surface area contributed by atoms with E-state index in [2.05, 4.69) is 49.4 Å². The number of carbonyl (C=O) groups excluding carboxylic acids is 1. The average molecular weight is 319 g/mol. The molecule has 0 amide bonds. The van der Waals surface area contributed by atoms with Gasteiger partial charge in [0.1, 0.15) is 5.78 Å². The lowest BCUT2D eigenvalue weighted by Crippen LogP contribution is -2.24. The lowest BCUT2D eigenvalue weighted by molar-refractivity contribution is -0.118. The van der Waals surface area contributed by atoms with Crippen LogP contribution in [-0.2, 0) is 11.2 Å². The molecule has 0 aromatic heterocycles. The molecule has 0 aliphatic heterocycles. The number of nitrogens with zero attached hydrogens (tertiary/aromatic N) is 1. The van der Waals surface area contributed by atoms with Crippen molar-refractivity contribution in [1.29, 1.82) is 0 Å². The van der Waals surface area contributed by atoms with E-state index in [1.807, 2.05) is 13.8 Å². The molecule has 0 unspecified atom stereocenters. The molecule has 0 radical (unpaired) electrons. The molecule has 1 aromatic rings. The summed E-state index contributed by atoms with van der Waals surface area (Å²) in [5, 5.41) is 3.27. The Labute approximate surface area is 142 Å². The van der Waals surface area contributed by atoms with E-state index in [0.717, 1.165) is 25.3 Å². The molecule has 1 fully saturated rings. The second-order valence-electron chi connectivity index (χ2n) is 6.48. The molecule has 130 valence electrons. The van der Waals surface area contributed by atoms with Crippen molar-refractivity contribution in [2.45, 2.75) is 52.9 Å². The van der Waals surface area contributed by atoms with Crippen LogP contribution >= 0.6 is 0 Å². The lowest BCUT2D eigenvalue weighted by atomic mass is 10.0. The van der Waals surface area contributed by atoms with Crippen molar-refractivity contribution >= 4 is 11.5 Å². The summed E-state index contributed by atoms with van der Waals surface area (Å²) >= 11 is 0. The Balaban J connectivity index is 0.00000127. The predicted molar refractivity (Wildman–Crippen MR) is 100 cm³/mol. The summed E-state index contributed by atoms with van der Waals surface area (Å²) in [4.78, 5) is 13.9. The van der Waals surface area contributed by atoms with Gasteiger partial charge in [0.05, 0.1) is 6.54 Å². The average Bonchev–Trinajstić information content (AvgIpc) is 3.35. The highest BCUT2D eigenvalue weighted by Crippen LogP contribution is 2.27. The van der Waals surface area contributed by atoms with Crippen LogP contribution in [0.4, 0.5) is 5.69 Å². The quantitative estimate of drug-likeness (QED) is 0.747. The molecule has 2 rings (SSSR count). The van der Waals surface area contributed by atoms with Gasteiger partial charge in [-0.3, -0.25) is 4.79 Å². The van der Waals surface area contributed by atoms with E-state index in [4.69, 9.17) is 0 Å². The van der Waals surface area contributed by atoms with Gasteiger partial charge in [-0.25, -0.2) is 0 Å². The third kappa shape index (κ3) is 7.65. The molecule has 0 spiro atoms. The highest BCUT2D eigenvalue weighted by atomic mass is 16.1. The first-order chi connectivity index (χ1) is 11.1. The zero-order chi connectivity index (χ0) is 17.2. The standard InChI is InChI=1S/C18H28N2O.C2H6/c1-14-7-8-15(11-18(14)20(2)3)5-4-6-17(21)13-19-12-16-9-10-16;1-2/h7-8,11,16,19H,4-6,9-10,12-13H2,1-3H3;1-2H3. The van der Waals surface area contributed by atoms with Gasteiger partial charge in [-0.2, -0.15) is 0 Å². The molecule has 1 aliphatic rings. The Hall–Kier alpha value is -1.35. The van der Waals surface area contributed by atoms with Gasteiger partial charge in [-0.15, -0.1) is 0 Å². The van der Waals surface area contributed by atoms with Crippen LogP contribution < -0.4 is 10.2 Å². The molecule has 1 saturated carbocycles. The fourth-order valence-electron chi connectivity index (χ4n) is 2.61. The van der Waals surface area contributed by atoms with Crippen molar-refractivity contribution in [2.75, 3.05) is 32.1 Å². The first kappa shape index (κ1) is 19.7. The number of hydrogen-bond acceptors (Lipinski definition) is 3. The molecule has 1 aliphatic carbocycles. The van der Waals surface area contributed by atoms with Crippen molar-refractivity contribution in [2.24, 2.45) is 5.92 Å².